The monoisotopic (exact) mass is 400 g/mol. The molecule has 1 aliphatic rings. The molecule has 27 heavy (non-hydrogen) atoms. The lowest BCUT2D eigenvalue weighted by Gasteiger charge is -2.27. The smallest absolute Gasteiger partial charge is 0.230 e. The molecule has 1 atom stereocenters. The number of aromatic nitrogens is 3. The molecular weight excluding hydrogens is 384 g/mol. The van der Waals surface area contributed by atoms with E-state index in [0.29, 0.717) is 21.6 Å². The van der Waals surface area contributed by atoms with Gasteiger partial charge in [-0.2, -0.15) is 9.50 Å². The lowest BCUT2D eigenvalue weighted by Crippen LogP contribution is -2.26. The molecule has 0 bridgehead atoms. The van der Waals surface area contributed by atoms with Gasteiger partial charge >= 0.3 is 0 Å². The second-order valence-electron chi connectivity index (χ2n) is 6.56. The van der Waals surface area contributed by atoms with E-state index in [9.17, 15) is 5.11 Å². The first-order chi connectivity index (χ1) is 13.2. The molecule has 4 aromatic rings. The van der Waals surface area contributed by atoms with Crippen LogP contribution in [0.2, 0.25) is 5.02 Å². The van der Waals surface area contributed by atoms with Gasteiger partial charge in [0.05, 0.1) is 17.2 Å². The van der Waals surface area contributed by atoms with Crippen LogP contribution < -0.4 is 0 Å². The van der Waals surface area contributed by atoms with Gasteiger partial charge in [-0.15, -0.1) is 5.10 Å². The van der Waals surface area contributed by atoms with Crippen molar-refractivity contribution < 1.29 is 9.52 Å². The molecule has 0 unspecified atom stereocenters. The molecule has 0 spiro atoms. The van der Waals surface area contributed by atoms with Crippen molar-refractivity contribution in [1.29, 1.82) is 0 Å². The standard InChI is InChI=1S/C19H17ClN4O2S/c20-13-7-2-1-6-12(13)15(23-9-3-4-10-23)16-18(25)24-19(27-16)21-17(22-24)14-8-5-11-26-14/h1-2,5-8,11,15,25H,3-4,9-10H2/t15-/m0/s1. The highest BCUT2D eigenvalue weighted by molar-refractivity contribution is 7.17. The van der Waals surface area contributed by atoms with Crippen LogP contribution in [0.4, 0.5) is 0 Å². The zero-order valence-corrected chi connectivity index (χ0v) is 16.0. The van der Waals surface area contributed by atoms with E-state index in [1.54, 1.807) is 18.4 Å². The summed E-state index contributed by atoms with van der Waals surface area (Å²) >= 11 is 7.95. The van der Waals surface area contributed by atoms with Crippen molar-refractivity contribution in [2.45, 2.75) is 18.9 Å². The number of aromatic hydroxyl groups is 1. The summed E-state index contributed by atoms with van der Waals surface area (Å²) in [5.41, 5.74) is 0.993. The average Bonchev–Trinajstić information content (AvgIpc) is 3.44. The van der Waals surface area contributed by atoms with E-state index in [1.807, 2.05) is 24.3 Å². The number of fused-ring (bicyclic) bond motifs is 1. The Bertz CT molecular complexity index is 1080. The van der Waals surface area contributed by atoms with Crippen LogP contribution in [0.15, 0.2) is 47.1 Å². The third kappa shape index (κ3) is 2.82. The molecule has 1 fully saturated rings. The number of hydrogen-bond acceptors (Lipinski definition) is 6. The highest BCUT2D eigenvalue weighted by atomic mass is 35.5. The molecule has 1 saturated heterocycles. The van der Waals surface area contributed by atoms with Gasteiger partial charge in [-0.05, 0) is 49.7 Å². The fourth-order valence-electron chi connectivity index (χ4n) is 3.64. The van der Waals surface area contributed by atoms with Crippen LogP contribution in [-0.2, 0) is 0 Å². The van der Waals surface area contributed by atoms with Crippen LogP contribution >= 0.6 is 22.9 Å². The van der Waals surface area contributed by atoms with E-state index in [4.69, 9.17) is 16.0 Å². The van der Waals surface area contributed by atoms with E-state index < -0.39 is 0 Å². The summed E-state index contributed by atoms with van der Waals surface area (Å²) in [5.74, 6) is 1.15. The summed E-state index contributed by atoms with van der Waals surface area (Å²) < 4.78 is 6.85. The molecule has 5 rings (SSSR count). The van der Waals surface area contributed by atoms with Gasteiger partial charge < -0.3 is 9.52 Å². The van der Waals surface area contributed by atoms with Gasteiger partial charge in [-0.1, -0.05) is 41.1 Å². The molecule has 1 aliphatic heterocycles. The quantitative estimate of drug-likeness (QED) is 0.542. The first kappa shape index (κ1) is 16.8. The number of halogens is 1. The largest absolute Gasteiger partial charge is 0.492 e. The van der Waals surface area contributed by atoms with Gasteiger partial charge in [-0.3, -0.25) is 4.90 Å². The Kier molecular flexibility index (Phi) is 4.15. The zero-order valence-electron chi connectivity index (χ0n) is 14.4. The van der Waals surface area contributed by atoms with E-state index in [-0.39, 0.29) is 11.9 Å². The summed E-state index contributed by atoms with van der Waals surface area (Å²) in [4.78, 5) is 8.33. The normalized spacial score (nSPS) is 16.3. The fraction of sp³-hybridized carbons (Fsp3) is 0.263. The third-order valence-corrected chi connectivity index (χ3v) is 6.31. The van der Waals surface area contributed by atoms with Gasteiger partial charge in [-0.25, -0.2) is 0 Å². The Morgan fingerprint density at radius 2 is 1.96 bits per heavy atom. The van der Waals surface area contributed by atoms with Gasteiger partial charge in [0.1, 0.15) is 0 Å². The lowest BCUT2D eigenvalue weighted by molar-refractivity contribution is 0.277. The Morgan fingerprint density at radius 3 is 2.67 bits per heavy atom. The number of benzene rings is 1. The lowest BCUT2D eigenvalue weighted by atomic mass is 10.0. The molecule has 0 saturated carbocycles. The molecule has 3 aromatic heterocycles. The number of likely N-dealkylation sites (tertiary alicyclic amines) is 1. The van der Waals surface area contributed by atoms with Crippen LogP contribution in [-0.4, -0.2) is 37.7 Å². The first-order valence-corrected chi connectivity index (χ1v) is 10.0. The van der Waals surface area contributed by atoms with Crippen LogP contribution in [0.5, 0.6) is 5.88 Å². The SMILES string of the molecule is Oc1c([C@H](c2ccccc2Cl)N2CCCC2)sc2nc(-c3ccco3)nn12. The molecular formula is C19H17ClN4O2S. The summed E-state index contributed by atoms with van der Waals surface area (Å²) in [5, 5.41) is 16.1. The third-order valence-electron chi connectivity index (χ3n) is 4.90. The number of furan rings is 1. The van der Waals surface area contributed by atoms with E-state index >= 15 is 0 Å². The molecule has 8 heteroatoms. The summed E-state index contributed by atoms with van der Waals surface area (Å²) in [6, 6.07) is 11.3. The molecule has 0 radical (unpaired) electrons. The second kappa shape index (κ2) is 6.67. The van der Waals surface area contributed by atoms with Gasteiger partial charge in [0.25, 0.3) is 0 Å². The molecule has 0 aliphatic carbocycles. The van der Waals surface area contributed by atoms with Gasteiger partial charge in [0.2, 0.25) is 16.7 Å². The summed E-state index contributed by atoms with van der Waals surface area (Å²) in [6.45, 7) is 1.95. The zero-order chi connectivity index (χ0) is 18.4. The van der Waals surface area contributed by atoms with Crippen LogP contribution in [0.25, 0.3) is 16.5 Å². The van der Waals surface area contributed by atoms with Crippen molar-refractivity contribution in [2.75, 3.05) is 13.1 Å². The minimum Gasteiger partial charge on any atom is -0.492 e. The Morgan fingerprint density at radius 1 is 1.15 bits per heavy atom. The highest BCUT2D eigenvalue weighted by Crippen LogP contribution is 2.43. The van der Waals surface area contributed by atoms with Crippen molar-refractivity contribution in [3.8, 4) is 17.5 Å². The predicted molar refractivity (Wildman–Crippen MR) is 104 cm³/mol. The van der Waals surface area contributed by atoms with Crippen LogP contribution in [0.1, 0.15) is 29.3 Å². The number of nitrogens with zero attached hydrogens (tertiary/aromatic N) is 4. The maximum atomic E-state index is 11.0. The molecule has 1 N–H and O–H groups in total. The molecule has 4 heterocycles. The minimum atomic E-state index is -0.109. The topological polar surface area (TPSA) is 66.8 Å². The maximum Gasteiger partial charge on any atom is 0.230 e. The maximum absolute atomic E-state index is 11.0. The second-order valence-corrected chi connectivity index (χ2v) is 7.98. The van der Waals surface area contributed by atoms with Gasteiger partial charge in [0, 0.05) is 5.02 Å². The molecule has 138 valence electrons. The Hall–Kier alpha value is -2.35. The van der Waals surface area contributed by atoms with Crippen LogP contribution in [0, 0.1) is 0 Å². The Balaban J connectivity index is 1.63. The van der Waals surface area contributed by atoms with Crippen molar-refractivity contribution in [1.82, 2.24) is 19.5 Å². The first-order valence-electron chi connectivity index (χ1n) is 8.83. The Labute approximate surface area is 164 Å². The number of hydrogen-bond donors (Lipinski definition) is 1. The highest BCUT2D eigenvalue weighted by Gasteiger charge is 2.32. The fourth-order valence-corrected chi connectivity index (χ4v) is 4.99. The van der Waals surface area contributed by atoms with E-state index in [2.05, 4.69) is 15.0 Å². The molecule has 1 aromatic carbocycles. The molecule has 6 nitrogen and oxygen atoms in total. The van der Waals surface area contributed by atoms with E-state index in [0.717, 1.165) is 36.4 Å². The van der Waals surface area contributed by atoms with Gasteiger partial charge in [0.15, 0.2) is 5.76 Å². The van der Waals surface area contributed by atoms with Crippen molar-refractivity contribution in [2.24, 2.45) is 0 Å². The predicted octanol–water partition coefficient (Wildman–Crippen LogP) is 4.60. The average molecular weight is 401 g/mol. The minimum absolute atomic E-state index is 0.108. The summed E-state index contributed by atoms with van der Waals surface area (Å²) in [7, 11) is 0. The summed E-state index contributed by atoms with van der Waals surface area (Å²) in [6.07, 6.45) is 3.87. The van der Waals surface area contributed by atoms with Crippen molar-refractivity contribution >= 4 is 27.9 Å². The van der Waals surface area contributed by atoms with Crippen molar-refractivity contribution in [3.05, 3.63) is 58.1 Å². The van der Waals surface area contributed by atoms with E-state index in [1.165, 1.54) is 15.9 Å². The number of thiazole rings is 1. The van der Waals surface area contributed by atoms with Crippen molar-refractivity contribution in [3.63, 3.8) is 0 Å². The van der Waals surface area contributed by atoms with Crippen LogP contribution in [0.3, 0.4) is 0 Å². The molecule has 0 amide bonds. The number of rotatable bonds is 4.